The summed E-state index contributed by atoms with van der Waals surface area (Å²) >= 11 is 0. The summed E-state index contributed by atoms with van der Waals surface area (Å²) in [5, 5.41) is 14.5. The van der Waals surface area contributed by atoms with E-state index in [2.05, 4.69) is 10.5 Å². The molecule has 1 aromatic heterocycles. The van der Waals surface area contributed by atoms with Gasteiger partial charge in [0.2, 0.25) is 0 Å². The standard InChI is InChI=1S/C12H19N3O3/c1-4-9-8(6-7-18-9)10(16)14-12(3,5-2)11(13)15-17/h6-7,17H,4-5H2,1-3H3,(H2,13,15)(H,14,16). The van der Waals surface area contributed by atoms with Gasteiger partial charge in [0.15, 0.2) is 5.84 Å². The topological polar surface area (TPSA) is 101 Å². The number of hydrogen-bond donors (Lipinski definition) is 3. The Morgan fingerprint density at radius 3 is 2.78 bits per heavy atom. The normalized spacial score (nSPS) is 15.2. The SMILES string of the molecule is CCc1occc1C(=O)NC(C)(CC)/C(N)=N/O. The van der Waals surface area contributed by atoms with Crippen molar-refractivity contribution in [3.05, 3.63) is 23.7 Å². The summed E-state index contributed by atoms with van der Waals surface area (Å²) in [5.41, 5.74) is 5.19. The fourth-order valence-corrected chi connectivity index (χ4v) is 1.58. The van der Waals surface area contributed by atoms with Crippen molar-refractivity contribution in [2.24, 2.45) is 10.9 Å². The Labute approximate surface area is 106 Å². The average Bonchev–Trinajstić information content (AvgIpc) is 2.85. The quantitative estimate of drug-likeness (QED) is 0.320. The third kappa shape index (κ3) is 2.64. The van der Waals surface area contributed by atoms with E-state index in [9.17, 15) is 4.79 Å². The fourth-order valence-electron chi connectivity index (χ4n) is 1.58. The summed E-state index contributed by atoms with van der Waals surface area (Å²) in [7, 11) is 0. The second-order valence-corrected chi connectivity index (χ2v) is 4.24. The van der Waals surface area contributed by atoms with Gasteiger partial charge in [0.1, 0.15) is 5.76 Å². The third-order valence-corrected chi connectivity index (χ3v) is 3.08. The number of rotatable bonds is 5. The molecule has 1 amide bonds. The first-order valence-electron chi connectivity index (χ1n) is 5.85. The van der Waals surface area contributed by atoms with E-state index in [-0.39, 0.29) is 11.7 Å². The van der Waals surface area contributed by atoms with Gasteiger partial charge in [-0.05, 0) is 19.4 Å². The highest BCUT2D eigenvalue weighted by atomic mass is 16.4. The highest BCUT2D eigenvalue weighted by molar-refractivity contribution is 6.00. The number of hydrogen-bond acceptors (Lipinski definition) is 4. The molecule has 0 fully saturated rings. The number of amidine groups is 1. The van der Waals surface area contributed by atoms with Gasteiger partial charge in [-0.3, -0.25) is 4.79 Å². The maximum atomic E-state index is 12.1. The second kappa shape index (κ2) is 5.57. The minimum absolute atomic E-state index is 0.0279. The molecule has 4 N–H and O–H groups in total. The number of carbonyl (C=O) groups is 1. The molecule has 6 heteroatoms. The zero-order valence-electron chi connectivity index (χ0n) is 10.9. The Morgan fingerprint density at radius 1 is 1.61 bits per heavy atom. The lowest BCUT2D eigenvalue weighted by Gasteiger charge is -2.27. The van der Waals surface area contributed by atoms with E-state index in [4.69, 9.17) is 15.4 Å². The van der Waals surface area contributed by atoms with E-state index in [1.165, 1.54) is 6.26 Å². The van der Waals surface area contributed by atoms with Crippen molar-refractivity contribution < 1.29 is 14.4 Å². The van der Waals surface area contributed by atoms with Gasteiger partial charge in [0.25, 0.3) is 5.91 Å². The van der Waals surface area contributed by atoms with Crippen molar-refractivity contribution in [2.75, 3.05) is 0 Å². The summed E-state index contributed by atoms with van der Waals surface area (Å²) in [6.45, 7) is 5.44. The molecule has 0 saturated carbocycles. The van der Waals surface area contributed by atoms with Crippen LogP contribution in [-0.2, 0) is 6.42 Å². The number of nitrogens with one attached hydrogen (secondary N) is 1. The number of aryl methyl sites for hydroxylation is 1. The average molecular weight is 253 g/mol. The zero-order valence-corrected chi connectivity index (χ0v) is 10.9. The van der Waals surface area contributed by atoms with E-state index < -0.39 is 5.54 Å². The Morgan fingerprint density at radius 2 is 2.28 bits per heavy atom. The molecule has 18 heavy (non-hydrogen) atoms. The van der Waals surface area contributed by atoms with Crippen LogP contribution in [-0.4, -0.2) is 22.5 Å². The first-order valence-corrected chi connectivity index (χ1v) is 5.85. The first kappa shape index (κ1) is 14.1. The van der Waals surface area contributed by atoms with Crippen molar-refractivity contribution in [2.45, 2.75) is 39.2 Å². The minimum Gasteiger partial charge on any atom is -0.469 e. The van der Waals surface area contributed by atoms with Crippen molar-refractivity contribution in [3.63, 3.8) is 0 Å². The van der Waals surface area contributed by atoms with Crippen molar-refractivity contribution in [1.82, 2.24) is 5.32 Å². The van der Waals surface area contributed by atoms with Crippen LogP contribution < -0.4 is 11.1 Å². The van der Waals surface area contributed by atoms with Crippen molar-refractivity contribution in [1.29, 1.82) is 0 Å². The van der Waals surface area contributed by atoms with E-state index in [1.807, 2.05) is 13.8 Å². The number of furan rings is 1. The van der Waals surface area contributed by atoms with Crippen molar-refractivity contribution >= 4 is 11.7 Å². The molecule has 0 aliphatic rings. The molecule has 1 rings (SSSR count). The summed E-state index contributed by atoms with van der Waals surface area (Å²) < 4.78 is 5.20. The maximum Gasteiger partial charge on any atom is 0.255 e. The fraction of sp³-hybridized carbons (Fsp3) is 0.500. The van der Waals surface area contributed by atoms with Gasteiger partial charge < -0.3 is 20.7 Å². The minimum atomic E-state index is -0.881. The molecule has 0 aromatic carbocycles. The Bertz CT molecular complexity index is 453. The molecular formula is C12H19N3O3. The summed E-state index contributed by atoms with van der Waals surface area (Å²) in [5.74, 6) is 0.293. The number of oxime groups is 1. The van der Waals surface area contributed by atoms with Crippen molar-refractivity contribution in [3.8, 4) is 0 Å². The lowest BCUT2D eigenvalue weighted by Crippen LogP contribution is -2.55. The van der Waals surface area contributed by atoms with Crippen LogP contribution in [0.15, 0.2) is 21.9 Å². The predicted octanol–water partition coefficient (Wildman–Crippen LogP) is 1.49. The summed E-state index contributed by atoms with van der Waals surface area (Å²) in [4.78, 5) is 12.1. The third-order valence-electron chi connectivity index (χ3n) is 3.08. The smallest absolute Gasteiger partial charge is 0.255 e. The molecule has 0 aliphatic heterocycles. The maximum absolute atomic E-state index is 12.1. The van der Waals surface area contributed by atoms with Crippen LogP contribution in [0.1, 0.15) is 43.3 Å². The summed E-state index contributed by atoms with van der Waals surface area (Å²) in [6, 6.07) is 1.61. The number of carbonyl (C=O) groups excluding carboxylic acids is 1. The van der Waals surface area contributed by atoms with Gasteiger partial charge in [-0.1, -0.05) is 19.0 Å². The second-order valence-electron chi connectivity index (χ2n) is 4.24. The van der Waals surface area contributed by atoms with Crippen LogP contribution in [0.2, 0.25) is 0 Å². The Hall–Kier alpha value is -1.98. The first-order chi connectivity index (χ1) is 8.48. The zero-order chi connectivity index (χ0) is 13.8. The lowest BCUT2D eigenvalue weighted by atomic mass is 9.97. The van der Waals surface area contributed by atoms with Crippen LogP contribution in [0.3, 0.4) is 0 Å². The molecule has 0 saturated heterocycles. The number of amides is 1. The highest BCUT2D eigenvalue weighted by Crippen LogP contribution is 2.15. The summed E-state index contributed by atoms with van der Waals surface area (Å²) in [6.07, 6.45) is 2.61. The monoisotopic (exact) mass is 253 g/mol. The predicted molar refractivity (Wildman–Crippen MR) is 67.7 cm³/mol. The van der Waals surface area contributed by atoms with Gasteiger partial charge >= 0.3 is 0 Å². The Kier molecular flexibility index (Phi) is 4.36. The molecule has 0 bridgehead atoms. The van der Waals surface area contributed by atoms with Crippen LogP contribution >= 0.6 is 0 Å². The molecule has 1 atom stereocenters. The lowest BCUT2D eigenvalue weighted by molar-refractivity contribution is 0.0923. The Balaban J connectivity index is 2.93. The number of nitrogens with zero attached hydrogens (tertiary/aromatic N) is 1. The molecule has 1 aromatic rings. The van der Waals surface area contributed by atoms with Crippen LogP contribution in [0.5, 0.6) is 0 Å². The highest BCUT2D eigenvalue weighted by Gasteiger charge is 2.30. The van der Waals surface area contributed by atoms with E-state index >= 15 is 0 Å². The van der Waals surface area contributed by atoms with Gasteiger partial charge in [-0.2, -0.15) is 0 Å². The van der Waals surface area contributed by atoms with E-state index in [0.717, 1.165) is 0 Å². The molecule has 1 unspecified atom stereocenters. The van der Waals surface area contributed by atoms with Gasteiger partial charge in [0, 0.05) is 6.42 Å². The molecule has 1 heterocycles. The number of nitrogens with two attached hydrogens (primary N) is 1. The molecule has 0 radical (unpaired) electrons. The molecule has 0 aliphatic carbocycles. The van der Waals surface area contributed by atoms with Gasteiger partial charge in [-0.25, -0.2) is 0 Å². The molecule has 6 nitrogen and oxygen atoms in total. The van der Waals surface area contributed by atoms with Crippen LogP contribution in [0.4, 0.5) is 0 Å². The molecule has 100 valence electrons. The van der Waals surface area contributed by atoms with Crippen LogP contribution in [0, 0.1) is 0 Å². The van der Waals surface area contributed by atoms with Crippen LogP contribution in [0.25, 0.3) is 0 Å². The molecule has 0 spiro atoms. The molecular weight excluding hydrogens is 234 g/mol. The van der Waals surface area contributed by atoms with Gasteiger partial charge in [0.05, 0.1) is 17.4 Å². The van der Waals surface area contributed by atoms with Gasteiger partial charge in [-0.15, -0.1) is 0 Å². The largest absolute Gasteiger partial charge is 0.469 e. The van der Waals surface area contributed by atoms with E-state index in [1.54, 1.807) is 13.0 Å². The van der Waals surface area contributed by atoms with E-state index in [0.29, 0.717) is 24.2 Å².